The standard InChI is InChI=1S/C18H31N3O/c1-16(14-21-10-6-2-3-7-11-21)20-13-17(15-22)12-18-8-4-5-9-19-18/h4-5,8-9,16-17,20,22H,2-3,6-7,10-15H2,1H3/t16-,17-/m0/s1. The molecule has 0 spiro atoms. The van der Waals surface area contributed by atoms with Gasteiger partial charge < -0.3 is 15.3 Å². The minimum absolute atomic E-state index is 0.208. The first-order valence-corrected chi connectivity index (χ1v) is 8.74. The second kappa shape index (κ2) is 9.93. The summed E-state index contributed by atoms with van der Waals surface area (Å²) < 4.78 is 0. The van der Waals surface area contributed by atoms with Crippen LogP contribution < -0.4 is 5.32 Å². The van der Waals surface area contributed by atoms with Crippen LogP contribution >= 0.6 is 0 Å². The molecule has 1 saturated heterocycles. The number of nitrogens with zero attached hydrogens (tertiary/aromatic N) is 2. The fourth-order valence-electron chi connectivity index (χ4n) is 3.15. The van der Waals surface area contributed by atoms with E-state index in [1.807, 2.05) is 24.4 Å². The first kappa shape index (κ1) is 17.4. The van der Waals surface area contributed by atoms with Crippen molar-refractivity contribution in [3.05, 3.63) is 30.1 Å². The van der Waals surface area contributed by atoms with Crippen LogP contribution in [0.4, 0.5) is 0 Å². The fourth-order valence-corrected chi connectivity index (χ4v) is 3.15. The third-order valence-electron chi connectivity index (χ3n) is 4.47. The zero-order valence-electron chi connectivity index (χ0n) is 13.9. The predicted octanol–water partition coefficient (Wildman–Crippen LogP) is 2.09. The van der Waals surface area contributed by atoms with E-state index in [2.05, 4.69) is 22.1 Å². The lowest BCUT2D eigenvalue weighted by molar-refractivity contribution is 0.207. The molecule has 4 heteroatoms. The van der Waals surface area contributed by atoms with E-state index in [1.165, 1.54) is 38.8 Å². The maximum Gasteiger partial charge on any atom is 0.0475 e. The van der Waals surface area contributed by atoms with Gasteiger partial charge in [-0.25, -0.2) is 0 Å². The third kappa shape index (κ3) is 6.42. The average Bonchev–Trinajstić information content (AvgIpc) is 2.81. The number of aliphatic hydroxyl groups is 1. The van der Waals surface area contributed by atoms with E-state index in [9.17, 15) is 5.11 Å². The van der Waals surface area contributed by atoms with Gasteiger partial charge in [0, 0.05) is 37.6 Å². The van der Waals surface area contributed by atoms with Gasteiger partial charge in [0.15, 0.2) is 0 Å². The molecule has 0 unspecified atom stereocenters. The Bertz CT molecular complexity index is 391. The monoisotopic (exact) mass is 305 g/mol. The van der Waals surface area contributed by atoms with E-state index in [0.717, 1.165) is 25.2 Å². The summed E-state index contributed by atoms with van der Waals surface area (Å²) in [6.07, 6.45) is 8.10. The van der Waals surface area contributed by atoms with Gasteiger partial charge in [0.2, 0.25) is 0 Å². The molecule has 0 amide bonds. The van der Waals surface area contributed by atoms with E-state index >= 15 is 0 Å². The average molecular weight is 305 g/mol. The predicted molar refractivity (Wildman–Crippen MR) is 90.9 cm³/mol. The number of rotatable bonds is 8. The number of aromatic nitrogens is 1. The zero-order chi connectivity index (χ0) is 15.6. The Labute approximate surface area is 134 Å². The van der Waals surface area contributed by atoms with Crippen LogP contribution in [0.5, 0.6) is 0 Å². The van der Waals surface area contributed by atoms with E-state index in [0.29, 0.717) is 6.04 Å². The first-order chi connectivity index (χ1) is 10.8. The van der Waals surface area contributed by atoms with Crippen molar-refractivity contribution in [2.75, 3.05) is 32.8 Å². The van der Waals surface area contributed by atoms with Crippen LogP contribution in [0.25, 0.3) is 0 Å². The van der Waals surface area contributed by atoms with Crippen molar-refractivity contribution in [2.24, 2.45) is 5.92 Å². The first-order valence-electron chi connectivity index (χ1n) is 8.74. The molecule has 2 heterocycles. The molecule has 4 nitrogen and oxygen atoms in total. The molecular formula is C18H31N3O. The van der Waals surface area contributed by atoms with Crippen LogP contribution in [0, 0.1) is 5.92 Å². The molecule has 1 aliphatic heterocycles. The molecule has 0 aliphatic carbocycles. The van der Waals surface area contributed by atoms with E-state index < -0.39 is 0 Å². The summed E-state index contributed by atoms with van der Waals surface area (Å²) in [6, 6.07) is 6.44. The summed E-state index contributed by atoms with van der Waals surface area (Å²) in [4.78, 5) is 6.93. The lowest BCUT2D eigenvalue weighted by Crippen LogP contribution is -2.42. The minimum Gasteiger partial charge on any atom is -0.396 e. The molecule has 0 radical (unpaired) electrons. The van der Waals surface area contributed by atoms with Gasteiger partial charge in [-0.3, -0.25) is 4.98 Å². The molecule has 22 heavy (non-hydrogen) atoms. The summed E-state index contributed by atoms with van der Waals surface area (Å²) >= 11 is 0. The van der Waals surface area contributed by atoms with Crippen LogP contribution in [0.1, 0.15) is 38.3 Å². The molecule has 1 aliphatic rings. The van der Waals surface area contributed by atoms with Crippen LogP contribution in [-0.2, 0) is 6.42 Å². The number of pyridine rings is 1. The normalized spacial score (nSPS) is 19.5. The van der Waals surface area contributed by atoms with Crippen LogP contribution in [0.2, 0.25) is 0 Å². The highest BCUT2D eigenvalue weighted by molar-refractivity contribution is 5.04. The van der Waals surface area contributed by atoms with Crippen molar-refractivity contribution >= 4 is 0 Å². The smallest absolute Gasteiger partial charge is 0.0475 e. The Kier molecular flexibility index (Phi) is 7.85. The van der Waals surface area contributed by atoms with Crippen molar-refractivity contribution < 1.29 is 5.11 Å². The highest BCUT2D eigenvalue weighted by atomic mass is 16.3. The Morgan fingerprint density at radius 3 is 2.64 bits per heavy atom. The molecule has 1 fully saturated rings. The largest absolute Gasteiger partial charge is 0.396 e. The molecule has 124 valence electrons. The maximum absolute atomic E-state index is 9.58. The van der Waals surface area contributed by atoms with Crippen molar-refractivity contribution in [1.29, 1.82) is 0 Å². The summed E-state index contributed by atoms with van der Waals surface area (Å²) in [7, 11) is 0. The maximum atomic E-state index is 9.58. The number of aliphatic hydroxyl groups excluding tert-OH is 1. The SMILES string of the molecule is C[C@@H](CN1CCCCCC1)NC[C@@H](CO)Cc1ccccn1. The molecule has 0 aromatic carbocycles. The lowest BCUT2D eigenvalue weighted by Gasteiger charge is -2.26. The molecule has 1 aromatic rings. The summed E-state index contributed by atoms with van der Waals surface area (Å²) in [5.74, 6) is 0.237. The molecule has 2 N–H and O–H groups in total. The summed E-state index contributed by atoms with van der Waals surface area (Å²) in [6.45, 7) is 6.90. The van der Waals surface area contributed by atoms with Crippen molar-refractivity contribution in [3.8, 4) is 0 Å². The van der Waals surface area contributed by atoms with Crippen LogP contribution in [0.15, 0.2) is 24.4 Å². The Hall–Kier alpha value is -0.970. The van der Waals surface area contributed by atoms with Gasteiger partial charge in [-0.2, -0.15) is 0 Å². The van der Waals surface area contributed by atoms with Crippen molar-refractivity contribution in [2.45, 2.75) is 45.1 Å². The number of hydrogen-bond donors (Lipinski definition) is 2. The van der Waals surface area contributed by atoms with E-state index in [4.69, 9.17) is 0 Å². The Morgan fingerprint density at radius 1 is 1.23 bits per heavy atom. The molecule has 0 bridgehead atoms. The molecule has 2 rings (SSSR count). The Morgan fingerprint density at radius 2 is 2.00 bits per heavy atom. The number of likely N-dealkylation sites (tertiary alicyclic amines) is 1. The molecule has 0 saturated carbocycles. The van der Waals surface area contributed by atoms with E-state index in [-0.39, 0.29) is 12.5 Å². The van der Waals surface area contributed by atoms with Gasteiger partial charge >= 0.3 is 0 Å². The van der Waals surface area contributed by atoms with Gasteiger partial charge in [0.25, 0.3) is 0 Å². The topological polar surface area (TPSA) is 48.4 Å². The van der Waals surface area contributed by atoms with Crippen molar-refractivity contribution in [3.63, 3.8) is 0 Å². The fraction of sp³-hybridized carbons (Fsp3) is 0.722. The Balaban J connectivity index is 1.70. The van der Waals surface area contributed by atoms with Gasteiger partial charge in [0.1, 0.15) is 0 Å². The van der Waals surface area contributed by atoms with Crippen molar-refractivity contribution in [1.82, 2.24) is 15.2 Å². The van der Waals surface area contributed by atoms with Crippen LogP contribution in [0.3, 0.4) is 0 Å². The highest BCUT2D eigenvalue weighted by Gasteiger charge is 2.14. The minimum atomic E-state index is 0.208. The lowest BCUT2D eigenvalue weighted by atomic mass is 10.0. The second-order valence-electron chi connectivity index (χ2n) is 6.60. The molecular weight excluding hydrogens is 274 g/mol. The third-order valence-corrected chi connectivity index (χ3v) is 4.47. The zero-order valence-corrected chi connectivity index (χ0v) is 13.9. The molecule has 1 aromatic heterocycles. The number of nitrogens with one attached hydrogen (secondary N) is 1. The summed E-state index contributed by atoms with van der Waals surface area (Å²) in [5.41, 5.74) is 1.06. The quantitative estimate of drug-likeness (QED) is 0.772. The van der Waals surface area contributed by atoms with Gasteiger partial charge in [-0.05, 0) is 57.3 Å². The molecule has 2 atom stereocenters. The van der Waals surface area contributed by atoms with Gasteiger partial charge in [0.05, 0.1) is 0 Å². The summed E-state index contributed by atoms with van der Waals surface area (Å²) in [5, 5.41) is 13.2. The van der Waals surface area contributed by atoms with Crippen LogP contribution in [-0.4, -0.2) is 53.8 Å². The second-order valence-corrected chi connectivity index (χ2v) is 6.60. The number of hydrogen-bond acceptors (Lipinski definition) is 4. The van der Waals surface area contributed by atoms with E-state index in [1.54, 1.807) is 0 Å². The van der Waals surface area contributed by atoms with Gasteiger partial charge in [-0.15, -0.1) is 0 Å². The highest BCUT2D eigenvalue weighted by Crippen LogP contribution is 2.10. The van der Waals surface area contributed by atoms with Gasteiger partial charge in [-0.1, -0.05) is 18.9 Å².